The van der Waals surface area contributed by atoms with Gasteiger partial charge in [-0.05, 0) is 100 Å². The predicted octanol–water partition coefficient (Wildman–Crippen LogP) is 9.48. The van der Waals surface area contributed by atoms with E-state index in [-0.39, 0.29) is 6.71 Å². The van der Waals surface area contributed by atoms with Gasteiger partial charge in [0.25, 0.3) is 6.71 Å². The van der Waals surface area contributed by atoms with Crippen molar-refractivity contribution in [3.05, 3.63) is 151 Å². The maximum atomic E-state index is 2.58. The zero-order chi connectivity index (χ0) is 29.7. The first kappa shape index (κ1) is 26.4. The summed E-state index contributed by atoms with van der Waals surface area (Å²) in [4.78, 5) is 4.98. The Morgan fingerprint density at radius 3 is 1.76 bits per heavy atom. The third-order valence-electron chi connectivity index (χ3n) is 10.2. The first-order valence-electron chi connectivity index (χ1n) is 16.5. The van der Waals surface area contributed by atoms with Gasteiger partial charge >= 0.3 is 0 Å². The SMILES string of the molecule is c1ccc(-c2ccc(N3c4ccccc4B4c5cc(C6CCCCC6)ccc5N(c5ccccc5)c5cccc3c54)cc2)cc1. The molecule has 2 heterocycles. The van der Waals surface area contributed by atoms with Gasteiger partial charge in [-0.2, -0.15) is 0 Å². The van der Waals surface area contributed by atoms with E-state index in [2.05, 4.69) is 155 Å². The highest BCUT2D eigenvalue weighted by Crippen LogP contribution is 2.44. The van der Waals surface area contributed by atoms with Crippen molar-refractivity contribution >= 4 is 57.2 Å². The van der Waals surface area contributed by atoms with Gasteiger partial charge < -0.3 is 9.80 Å². The van der Waals surface area contributed by atoms with Crippen LogP contribution < -0.4 is 26.2 Å². The molecule has 0 atom stereocenters. The Morgan fingerprint density at radius 2 is 1.02 bits per heavy atom. The van der Waals surface area contributed by atoms with Crippen molar-refractivity contribution in [2.75, 3.05) is 9.80 Å². The Labute approximate surface area is 266 Å². The number of fused-ring (bicyclic) bond motifs is 4. The monoisotopic (exact) mass is 578 g/mol. The lowest BCUT2D eigenvalue weighted by Crippen LogP contribution is -2.61. The van der Waals surface area contributed by atoms with Crippen LogP contribution in [-0.2, 0) is 0 Å². The molecule has 6 aromatic carbocycles. The minimum Gasteiger partial charge on any atom is -0.311 e. The van der Waals surface area contributed by atoms with Crippen molar-refractivity contribution in [1.82, 2.24) is 0 Å². The van der Waals surface area contributed by atoms with E-state index in [1.165, 1.54) is 99.3 Å². The Kier molecular flexibility index (Phi) is 6.37. The molecular formula is C42H35BN2. The van der Waals surface area contributed by atoms with Gasteiger partial charge in [-0.1, -0.05) is 116 Å². The summed E-state index contributed by atoms with van der Waals surface area (Å²) in [5.74, 6) is 0.657. The van der Waals surface area contributed by atoms with Gasteiger partial charge in [0.2, 0.25) is 0 Å². The molecule has 0 spiro atoms. The van der Waals surface area contributed by atoms with Crippen LogP contribution >= 0.6 is 0 Å². The number of anilines is 6. The molecule has 3 aliphatic rings. The van der Waals surface area contributed by atoms with E-state index >= 15 is 0 Å². The Bertz CT molecular complexity index is 2000. The molecule has 45 heavy (non-hydrogen) atoms. The van der Waals surface area contributed by atoms with Crippen LogP contribution in [0.5, 0.6) is 0 Å². The summed E-state index contributed by atoms with van der Waals surface area (Å²) in [6, 6.07) is 54.0. The van der Waals surface area contributed by atoms with Gasteiger partial charge in [-0.3, -0.25) is 0 Å². The van der Waals surface area contributed by atoms with E-state index in [0.717, 1.165) is 0 Å². The minimum atomic E-state index is 0.172. The lowest BCUT2D eigenvalue weighted by atomic mass is 9.33. The quantitative estimate of drug-likeness (QED) is 0.192. The molecule has 0 bridgehead atoms. The smallest absolute Gasteiger partial charge is 0.252 e. The molecule has 216 valence electrons. The molecule has 2 nitrogen and oxygen atoms in total. The molecule has 0 N–H and O–H groups in total. The number of benzene rings is 6. The van der Waals surface area contributed by atoms with Gasteiger partial charge in [0.05, 0.1) is 0 Å². The second-order valence-corrected chi connectivity index (χ2v) is 12.8. The molecule has 6 aromatic rings. The molecule has 1 saturated carbocycles. The molecule has 0 saturated heterocycles. The molecular weight excluding hydrogens is 543 g/mol. The molecule has 0 radical (unpaired) electrons. The fourth-order valence-corrected chi connectivity index (χ4v) is 8.16. The summed E-state index contributed by atoms with van der Waals surface area (Å²) in [5, 5.41) is 0. The number of hydrogen-bond donors (Lipinski definition) is 0. The van der Waals surface area contributed by atoms with E-state index in [0.29, 0.717) is 5.92 Å². The lowest BCUT2D eigenvalue weighted by Gasteiger charge is -2.44. The van der Waals surface area contributed by atoms with Crippen LogP contribution in [0.4, 0.5) is 34.1 Å². The zero-order valence-corrected chi connectivity index (χ0v) is 25.4. The third kappa shape index (κ3) is 4.33. The lowest BCUT2D eigenvalue weighted by molar-refractivity contribution is 0.444. The normalized spacial score (nSPS) is 15.3. The second-order valence-electron chi connectivity index (χ2n) is 12.8. The summed E-state index contributed by atoms with van der Waals surface area (Å²) in [6.07, 6.45) is 6.66. The maximum absolute atomic E-state index is 2.58. The zero-order valence-electron chi connectivity index (χ0n) is 25.4. The molecule has 9 rings (SSSR count). The van der Waals surface area contributed by atoms with Crippen molar-refractivity contribution < 1.29 is 0 Å². The van der Waals surface area contributed by atoms with Gasteiger partial charge in [0, 0.05) is 34.1 Å². The standard InChI is InChI=1S/C42H35BN2/c1-4-13-30(14-5-1)32-23-26-35(27-24-32)45-38-20-11-10-19-36(38)43-37-29-33(31-15-6-2-7-16-31)25-28-39(37)44(34-17-8-3-9-18-34)40-21-12-22-41(45)42(40)43/h1,3-5,8-14,17-29,31H,2,6-7,15-16H2. The molecule has 2 aliphatic heterocycles. The molecule has 1 fully saturated rings. The number of hydrogen-bond acceptors (Lipinski definition) is 2. The van der Waals surface area contributed by atoms with Crippen molar-refractivity contribution in [2.45, 2.75) is 38.0 Å². The summed E-state index contributed by atoms with van der Waals surface area (Å²) in [7, 11) is 0. The van der Waals surface area contributed by atoms with Crippen molar-refractivity contribution in [3.63, 3.8) is 0 Å². The first-order valence-corrected chi connectivity index (χ1v) is 16.5. The fourth-order valence-electron chi connectivity index (χ4n) is 8.16. The highest BCUT2D eigenvalue weighted by Gasteiger charge is 2.43. The topological polar surface area (TPSA) is 6.48 Å². The Balaban J connectivity index is 1.26. The predicted molar refractivity (Wildman–Crippen MR) is 192 cm³/mol. The van der Waals surface area contributed by atoms with E-state index in [4.69, 9.17) is 0 Å². The van der Waals surface area contributed by atoms with Crippen LogP contribution in [0.1, 0.15) is 43.6 Å². The number of para-hydroxylation sites is 2. The van der Waals surface area contributed by atoms with Crippen LogP contribution in [0, 0.1) is 0 Å². The number of rotatable bonds is 4. The molecule has 1 aliphatic carbocycles. The van der Waals surface area contributed by atoms with Crippen molar-refractivity contribution in [3.8, 4) is 11.1 Å². The molecule has 0 amide bonds. The van der Waals surface area contributed by atoms with Crippen LogP contribution in [0.25, 0.3) is 11.1 Å². The average molecular weight is 579 g/mol. The first-order chi connectivity index (χ1) is 22.3. The Hall–Kier alpha value is -5.02. The summed E-state index contributed by atoms with van der Waals surface area (Å²) < 4.78 is 0. The van der Waals surface area contributed by atoms with Crippen molar-refractivity contribution in [1.29, 1.82) is 0 Å². The van der Waals surface area contributed by atoms with Crippen LogP contribution in [0.2, 0.25) is 0 Å². The minimum absolute atomic E-state index is 0.172. The van der Waals surface area contributed by atoms with Crippen LogP contribution in [0.15, 0.2) is 146 Å². The van der Waals surface area contributed by atoms with E-state index < -0.39 is 0 Å². The second kappa shape index (κ2) is 10.9. The van der Waals surface area contributed by atoms with Gasteiger partial charge in [-0.25, -0.2) is 0 Å². The molecule has 3 heteroatoms. The van der Waals surface area contributed by atoms with Crippen LogP contribution in [0.3, 0.4) is 0 Å². The summed E-state index contributed by atoms with van der Waals surface area (Å²) in [5.41, 5.74) is 15.6. The van der Waals surface area contributed by atoms with Gasteiger partial charge in [0.1, 0.15) is 0 Å². The summed E-state index contributed by atoms with van der Waals surface area (Å²) in [6.45, 7) is 0.172. The van der Waals surface area contributed by atoms with E-state index in [1.807, 2.05) is 0 Å². The fraction of sp³-hybridized carbons (Fsp3) is 0.143. The highest BCUT2D eigenvalue weighted by atomic mass is 15.2. The summed E-state index contributed by atoms with van der Waals surface area (Å²) >= 11 is 0. The molecule has 0 aromatic heterocycles. The molecule has 0 unspecified atom stereocenters. The average Bonchev–Trinajstić information content (AvgIpc) is 3.12. The largest absolute Gasteiger partial charge is 0.311 e. The highest BCUT2D eigenvalue weighted by molar-refractivity contribution is 7.00. The van der Waals surface area contributed by atoms with Gasteiger partial charge in [0.15, 0.2) is 0 Å². The van der Waals surface area contributed by atoms with Gasteiger partial charge in [-0.15, -0.1) is 0 Å². The number of nitrogens with zero attached hydrogens (tertiary/aromatic N) is 2. The van der Waals surface area contributed by atoms with Crippen molar-refractivity contribution in [2.24, 2.45) is 0 Å². The van der Waals surface area contributed by atoms with E-state index in [1.54, 1.807) is 0 Å². The van der Waals surface area contributed by atoms with Crippen LogP contribution in [-0.4, -0.2) is 6.71 Å². The van der Waals surface area contributed by atoms with E-state index in [9.17, 15) is 0 Å². The Morgan fingerprint density at radius 1 is 0.444 bits per heavy atom. The third-order valence-corrected chi connectivity index (χ3v) is 10.2. The maximum Gasteiger partial charge on any atom is 0.252 e.